The topological polar surface area (TPSA) is 46.5 Å². The molecule has 0 aromatic rings. The lowest BCUT2D eigenvalue weighted by atomic mass is 10.1. The molecule has 0 aliphatic heterocycles. The van der Waals surface area contributed by atoms with Crippen LogP contribution in [0.15, 0.2) is 0 Å². The van der Waals surface area contributed by atoms with Crippen molar-refractivity contribution in [3.63, 3.8) is 0 Å². The van der Waals surface area contributed by atoms with E-state index in [0.29, 0.717) is 6.42 Å². The molecular weight excluding hydrogens is 151 g/mol. The molecule has 0 saturated heterocycles. The molecule has 0 bridgehead atoms. The van der Waals surface area contributed by atoms with Gasteiger partial charge in [0.2, 0.25) is 0 Å². The van der Waals surface area contributed by atoms with E-state index in [-0.39, 0.29) is 6.42 Å². The molecule has 1 N–H and O–H groups in total. The van der Waals surface area contributed by atoms with Crippen LogP contribution in [0.2, 0.25) is 0 Å². The van der Waals surface area contributed by atoms with Gasteiger partial charge in [0, 0.05) is 7.11 Å². The smallest absolute Gasteiger partial charge is 0.306 e. The number of halogens is 1. The number of carboxylic acids is 1. The Balaban J connectivity index is 2.49. The van der Waals surface area contributed by atoms with Gasteiger partial charge in [-0.1, -0.05) is 0 Å². The molecule has 11 heavy (non-hydrogen) atoms. The van der Waals surface area contributed by atoms with Gasteiger partial charge in [-0.2, -0.15) is 0 Å². The van der Waals surface area contributed by atoms with Crippen molar-refractivity contribution < 1.29 is 19.0 Å². The Morgan fingerprint density at radius 3 is 2.55 bits per heavy atom. The number of carboxylic acid groups (broad SMARTS) is 1. The largest absolute Gasteiger partial charge is 0.481 e. The first-order valence-electron chi connectivity index (χ1n) is 3.54. The molecule has 0 aromatic carbocycles. The molecule has 1 saturated carbocycles. The molecule has 1 aliphatic carbocycles. The van der Waals surface area contributed by atoms with Crippen molar-refractivity contribution in [1.29, 1.82) is 0 Å². The van der Waals surface area contributed by atoms with E-state index in [1.54, 1.807) is 0 Å². The number of rotatable bonds is 2. The standard InChI is InChI=1S/C7H11FO3/c1-11-6-3-4(7(9)10)2-5(6)8/h4-6H,2-3H2,1H3,(H,9,10). The van der Waals surface area contributed by atoms with Crippen molar-refractivity contribution in [3.05, 3.63) is 0 Å². The number of hydrogen-bond acceptors (Lipinski definition) is 2. The van der Waals surface area contributed by atoms with Crippen LogP contribution in [0.1, 0.15) is 12.8 Å². The molecule has 0 amide bonds. The minimum Gasteiger partial charge on any atom is -0.481 e. The zero-order chi connectivity index (χ0) is 8.43. The van der Waals surface area contributed by atoms with Crippen LogP contribution < -0.4 is 0 Å². The third kappa shape index (κ3) is 1.68. The maximum Gasteiger partial charge on any atom is 0.306 e. The minimum atomic E-state index is -1.11. The molecule has 4 heteroatoms. The maximum atomic E-state index is 12.8. The van der Waals surface area contributed by atoms with Crippen molar-refractivity contribution in [2.45, 2.75) is 25.1 Å². The van der Waals surface area contributed by atoms with E-state index in [9.17, 15) is 9.18 Å². The predicted molar refractivity (Wildman–Crippen MR) is 36.1 cm³/mol. The van der Waals surface area contributed by atoms with Crippen molar-refractivity contribution in [3.8, 4) is 0 Å². The van der Waals surface area contributed by atoms with E-state index in [2.05, 4.69) is 0 Å². The summed E-state index contributed by atoms with van der Waals surface area (Å²) in [5, 5.41) is 8.52. The molecule has 64 valence electrons. The quantitative estimate of drug-likeness (QED) is 0.654. The van der Waals surface area contributed by atoms with Gasteiger partial charge in [0.15, 0.2) is 0 Å². The lowest BCUT2D eigenvalue weighted by Crippen LogP contribution is -2.16. The summed E-state index contributed by atoms with van der Waals surface area (Å²) in [5.41, 5.74) is 0. The fraction of sp³-hybridized carbons (Fsp3) is 0.857. The Kier molecular flexibility index (Phi) is 2.44. The van der Waals surface area contributed by atoms with Crippen LogP contribution in [-0.4, -0.2) is 30.5 Å². The fourth-order valence-corrected chi connectivity index (χ4v) is 1.39. The maximum absolute atomic E-state index is 12.8. The Morgan fingerprint density at radius 2 is 2.27 bits per heavy atom. The van der Waals surface area contributed by atoms with E-state index in [0.717, 1.165) is 0 Å². The van der Waals surface area contributed by atoms with Gasteiger partial charge in [-0.3, -0.25) is 4.79 Å². The first kappa shape index (κ1) is 8.46. The van der Waals surface area contributed by atoms with E-state index >= 15 is 0 Å². The highest BCUT2D eigenvalue weighted by molar-refractivity contribution is 5.70. The normalized spacial score (nSPS) is 37.5. The highest BCUT2D eigenvalue weighted by Crippen LogP contribution is 2.30. The molecule has 3 nitrogen and oxygen atoms in total. The third-order valence-electron chi connectivity index (χ3n) is 2.08. The van der Waals surface area contributed by atoms with Gasteiger partial charge in [0.05, 0.1) is 12.0 Å². The summed E-state index contributed by atoms with van der Waals surface area (Å²) >= 11 is 0. The first-order valence-corrected chi connectivity index (χ1v) is 3.54. The zero-order valence-corrected chi connectivity index (χ0v) is 6.29. The van der Waals surface area contributed by atoms with Crippen molar-refractivity contribution >= 4 is 5.97 Å². The Morgan fingerprint density at radius 1 is 1.64 bits per heavy atom. The summed E-state index contributed by atoms with van der Waals surface area (Å²) in [6.45, 7) is 0. The van der Waals surface area contributed by atoms with Crippen LogP contribution in [-0.2, 0) is 9.53 Å². The zero-order valence-electron chi connectivity index (χ0n) is 6.29. The van der Waals surface area contributed by atoms with Gasteiger partial charge in [-0.05, 0) is 12.8 Å². The SMILES string of the molecule is COC1CC(C(=O)O)CC1F. The number of hydrogen-bond donors (Lipinski definition) is 1. The highest BCUT2D eigenvalue weighted by atomic mass is 19.1. The molecular formula is C7H11FO3. The first-order chi connectivity index (χ1) is 5.15. The van der Waals surface area contributed by atoms with Crippen LogP contribution in [0.25, 0.3) is 0 Å². The third-order valence-corrected chi connectivity index (χ3v) is 2.08. The summed E-state index contributed by atoms with van der Waals surface area (Å²) in [6, 6.07) is 0. The van der Waals surface area contributed by atoms with E-state index in [1.165, 1.54) is 7.11 Å². The average Bonchev–Trinajstić information content (AvgIpc) is 2.31. The number of aliphatic carboxylic acids is 1. The molecule has 1 rings (SSSR count). The summed E-state index contributed by atoms with van der Waals surface area (Å²) in [4.78, 5) is 10.4. The second-order valence-corrected chi connectivity index (χ2v) is 2.80. The minimum absolute atomic E-state index is 0.0911. The predicted octanol–water partition coefficient (Wildman–Crippen LogP) is 0.834. The van der Waals surface area contributed by atoms with Crippen LogP contribution in [0.5, 0.6) is 0 Å². The van der Waals surface area contributed by atoms with E-state index < -0.39 is 24.2 Å². The van der Waals surface area contributed by atoms with Crippen LogP contribution in [0.4, 0.5) is 4.39 Å². The lowest BCUT2D eigenvalue weighted by Gasteiger charge is -2.08. The highest BCUT2D eigenvalue weighted by Gasteiger charge is 2.38. The van der Waals surface area contributed by atoms with Crippen LogP contribution in [0.3, 0.4) is 0 Å². The van der Waals surface area contributed by atoms with Gasteiger partial charge >= 0.3 is 5.97 Å². The Bertz CT molecular complexity index is 160. The van der Waals surface area contributed by atoms with Gasteiger partial charge in [-0.25, -0.2) is 4.39 Å². The van der Waals surface area contributed by atoms with Gasteiger partial charge in [0.1, 0.15) is 6.17 Å². The Labute approximate surface area is 64.2 Å². The molecule has 0 heterocycles. The molecule has 3 atom stereocenters. The lowest BCUT2D eigenvalue weighted by molar-refractivity contribution is -0.141. The fourth-order valence-electron chi connectivity index (χ4n) is 1.39. The average molecular weight is 162 g/mol. The number of methoxy groups -OCH3 is 1. The Hall–Kier alpha value is -0.640. The molecule has 0 radical (unpaired) electrons. The van der Waals surface area contributed by atoms with Crippen molar-refractivity contribution in [2.24, 2.45) is 5.92 Å². The molecule has 1 fully saturated rings. The summed E-state index contributed by atoms with van der Waals surface area (Å²) < 4.78 is 17.6. The number of alkyl halides is 1. The van der Waals surface area contributed by atoms with E-state index in [1.807, 2.05) is 0 Å². The van der Waals surface area contributed by atoms with Gasteiger partial charge in [-0.15, -0.1) is 0 Å². The second-order valence-electron chi connectivity index (χ2n) is 2.80. The van der Waals surface area contributed by atoms with E-state index in [4.69, 9.17) is 9.84 Å². The number of ether oxygens (including phenoxy) is 1. The molecule has 0 aromatic heterocycles. The van der Waals surface area contributed by atoms with Crippen LogP contribution >= 0.6 is 0 Å². The number of carbonyl (C=O) groups is 1. The van der Waals surface area contributed by atoms with Crippen molar-refractivity contribution in [1.82, 2.24) is 0 Å². The molecule has 0 spiro atoms. The summed E-state index contributed by atoms with van der Waals surface area (Å²) in [5.74, 6) is -1.48. The molecule has 3 unspecified atom stereocenters. The van der Waals surface area contributed by atoms with Gasteiger partial charge < -0.3 is 9.84 Å². The van der Waals surface area contributed by atoms with Gasteiger partial charge in [0.25, 0.3) is 0 Å². The summed E-state index contributed by atoms with van der Waals surface area (Å²) in [6.07, 6.45) is -1.24. The monoisotopic (exact) mass is 162 g/mol. The summed E-state index contributed by atoms with van der Waals surface area (Å²) in [7, 11) is 1.40. The second kappa shape index (κ2) is 3.17. The molecule has 1 aliphatic rings. The van der Waals surface area contributed by atoms with Crippen LogP contribution in [0, 0.1) is 5.92 Å². The van der Waals surface area contributed by atoms with Crippen molar-refractivity contribution in [2.75, 3.05) is 7.11 Å².